The summed E-state index contributed by atoms with van der Waals surface area (Å²) in [4.78, 5) is 7.00. The largest absolute Gasteiger partial charge is 0.492 e. The summed E-state index contributed by atoms with van der Waals surface area (Å²) in [5.41, 5.74) is 0.888. The quantitative estimate of drug-likeness (QED) is 0.762. The van der Waals surface area contributed by atoms with Crippen molar-refractivity contribution in [2.45, 2.75) is 25.8 Å². The first kappa shape index (κ1) is 15.5. The van der Waals surface area contributed by atoms with Crippen LogP contribution in [-0.2, 0) is 0 Å². The lowest BCUT2D eigenvalue weighted by Crippen LogP contribution is -3.13. The molecular weight excluding hydrogens is 327 g/mol. The molecule has 126 valence electrons. The molecule has 1 aromatic carbocycles. The minimum absolute atomic E-state index is 0.0956. The smallest absolute Gasteiger partial charge is 0.235 e. The molecule has 0 saturated carbocycles. The monoisotopic (exact) mass is 347 g/mol. The van der Waals surface area contributed by atoms with Gasteiger partial charge in [-0.1, -0.05) is 30.4 Å². The van der Waals surface area contributed by atoms with E-state index in [1.807, 2.05) is 6.07 Å². The number of fused-ring (bicyclic) bond motifs is 1. The van der Waals surface area contributed by atoms with Crippen molar-refractivity contribution in [2.75, 3.05) is 13.1 Å². The van der Waals surface area contributed by atoms with Gasteiger partial charge in [-0.25, -0.2) is 9.37 Å². The molecule has 7 heteroatoms. The number of aromatic nitrogens is 3. The standard InChI is InChI=1S/C17H19FN4OS/c1-11-5-7-21(8-6-11)14(12-3-2-4-13(18)9-12)15-16(23)22-17(24-15)19-10-20-22/h2-4,9-11,14,23H,5-8H2,1H3/p+1/t14-/m0/s1. The summed E-state index contributed by atoms with van der Waals surface area (Å²) in [5.74, 6) is 0.590. The minimum Gasteiger partial charge on any atom is -0.492 e. The van der Waals surface area contributed by atoms with Gasteiger partial charge in [-0.05, 0) is 30.9 Å². The topological polar surface area (TPSA) is 54.9 Å². The van der Waals surface area contributed by atoms with Crippen molar-refractivity contribution >= 4 is 16.3 Å². The molecule has 3 heterocycles. The third-order valence-electron chi connectivity index (χ3n) is 4.91. The van der Waals surface area contributed by atoms with E-state index in [1.54, 1.807) is 12.1 Å². The minimum atomic E-state index is -0.249. The summed E-state index contributed by atoms with van der Waals surface area (Å²) >= 11 is 1.43. The van der Waals surface area contributed by atoms with Gasteiger partial charge in [0.1, 0.15) is 17.0 Å². The summed E-state index contributed by atoms with van der Waals surface area (Å²) in [7, 11) is 0. The van der Waals surface area contributed by atoms with Gasteiger partial charge < -0.3 is 10.0 Å². The number of piperidine rings is 1. The fraction of sp³-hybridized carbons (Fsp3) is 0.412. The molecule has 1 aliphatic rings. The van der Waals surface area contributed by atoms with Gasteiger partial charge in [-0.2, -0.15) is 9.61 Å². The van der Waals surface area contributed by atoms with E-state index in [2.05, 4.69) is 17.0 Å². The van der Waals surface area contributed by atoms with Crippen LogP contribution in [0, 0.1) is 11.7 Å². The van der Waals surface area contributed by atoms with Crippen LogP contribution in [0.4, 0.5) is 4.39 Å². The molecule has 0 bridgehead atoms. The highest BCUT2D eigenvalue weighted by molar-refractivity contribution is 7.17. The Balaban J connectivity index is 1.80. The first-order valence-corrected chi connectivity index (χ1v) is 9.06. The van der Waals surface area contributed by atoms with Crippen LogP contribution < -0.4 is 4.90 Å². The maximum Gasteiger partial charge on any atom is 0.235 e. The van der Waals surface area contributed by atoms with Gasteiger partial charge in [0.05, 0.1) is 13.1 Å². The fourth-order valence-corrected chi connectivity index (χ4v) is 4.68. The maximum absolute atomic E-state index is 13.8. The van der Waals surface area contributed by atoms with Crippen LogP contribution in [0.25, 0.3) is 4.96 Å². The average molecular weight is 347 g/mol. The number of quaternary nitrogens is 1. The predicted molar refractivity (Wildman–Crippen MR) is 89.9 cm³/mol. The van der Waals surface area contributed by atoms with E-state index < -0.39 is 0 Å². The molecule has 24 heavy (non-hydrogen) atoms. The number of aromatic hydroxyl groups is 1. The van der Waals surface area contributed by atoms with E-state index in [0.717, 1.165) is 42.3 Å². The lowest BCUT2D eigenvalue weighted by atomic mass is 9.95. The van der Waals surface area contributed by atoms with Crippen molar-refractivity contribution in [2.24, 2.45) is 5.92 Å². The molecule has 1 saturated heterocycles. The second-order valence-corrected chi connectivity index (χ2v) is 7.58. The lowest BCUT2D eigenvalue weighted by Gasteiger charge is -2.33. The Kier molecular flexibility index (Phi) is 3.97. The van der Waals surface area contributed by atoms with Crippen molar-refractivity contribution in [3.8, 4) is 5.88 Å². The molecule has 0 amide bonds. The number of thiazole rings is 1. The Hall–Kier alpha value is -1.99. The van der Waals surface area contributed by atoms with Crippen LogP contribution in [0.3, 0.4) is 0 Å². The lowest BCUT2D eigenvalue weighted by molar-refractivity contribution is -0.931. The summed E-state index contributed by atoms with van der Waals surface area (Å²) in [6, 6.07) is 6.61. The highest BCUT2D eigenvalue weighted by atomic mass is 32.1. The zero-order valence-corrected chi connectivity index (χ0v) is 14.3. The summed E-state index contributed by atoms with van der Waals surface area (Å²) in [6.45, 7) is 4.29. The first-order chi connectivity index (χ1) is 11.6. The molecule has 0 aliphatic carbocycles. The fourth-order valence-electron chi connectivity index (χ4n) is 3.56. The predicted octanol–water partition coefficient (Wildman–Crippen LogP) is 2.04. The van der Waals surface area contributed by atoms with Gasteiger partial charge in [0.15, 0.2) is 6.04 Å². The normalized spacial score (nSPS) is 22.8. The van der Waals surface area contributed by atoms with Crippen molar-refractivity contribution in [1.29, 1.82) is 0 Å². The SMILES string of the molecule is CC1CC[NH+]([C@@H](c2cccc(F)c2)c2sc3ncnn3c2O)CC1. The Bertz CT molecular complexity index is 853. The molecule has 2 N–H and O–H groups in total. The molecule has 0 radical (unpaired) electrons. The Morgan fingerprint density at radius 2 is 2.17 bits per heavy atom. The molecular formula is C17H20FN4OS+. The molecule has 4 rings (SSSR count). The van der Waals surface area contributed by atoms with Gasteiger partial charge in [-0.3, -0.25) is 0 Å². The molecule has 1 atom stereocenters. The van der Waals surface area contributed by atoms with Crippen LogP contribution in [-0.4, -0.2) is 32.8 Å². The van der Waals surface area contributed by atoms with Gasteiger partial charge in [0, 0.05) is 5.56 Å². The second kappa shape index (κ2) is 6.14. The zero-order valence-electron chi connectivity index (χ0n) is 13.4. The van der Waals surface area contributed by atoms with Crippen molar-refractivity contribution in [3.05, 3.63) is 46.9 Å². The van der Waals surface area contributed by atoms with Crippen LogP contribution in [0.2, 0.25) is 0 Å². The number of nitrogens with zero attached hydrogens (tertiary/aromatic N) is 3. The van der Waals surface area contributed by atoms with E-state index in [1.165, 1.54) is 33.1 Å². The van der Waals surface area contributed by atoms with Gasteiger partial charge in [0.2, 0.25) is 10.8 Å². The average Bonchev–Trinajstić information content (AvgIpc) is 3.14. The van der Waals surface area contributed by atoms with Crippen LogP contribution in [0.1, 0.15) is 36.2 Å². The third kappa shape index (κ3) is 2.67. The van der Waals surface area contributed by atoms with E-state index in [9.17, 15) is 9.50 Å². The van der Waals surface area contributed by atoms with Crippen LogP contribution in [0.15, 0.2) is 30.6 Å². The number of nitrogens with one attached hydrogen (secondary N) is 1. The Morgan fingerprint density at radius 1 is 1.38 bits per heavy atom. The summed E-state index contributed by atoms with van der Waals surface area (Å²) in [6.07, 6.45) is 3.72. The number of hydrogen-bond acceptors (Lipinski definition) is 4. The van der Waals surface area contributed by atoms with Crippen molar-refractivity contribution in [3.63, 3.8) is 0 Å². The Labute approximate surface area is 143 Å². The van der Waals surface area contributed by atoms with Crippen LogP contribution >= 0.6 is 11.3 Å². The highest BCUT2D eigenvalue weighted by Gasteiger charge is 2.34. The number of likely N-dealkylation sites (tertiary alicyclic amines) is 1. The van der Waals surface area contributed by atoms with Crippen molar-refractivity contribution in [1.82, 2.24) is 14.6 Å². The number of halogens is 1. The van der Waals surface area contributed by atoms with Gasteiger partial charge in [-0.15, -0.1) is 0 Å². The first-order valence-electron chi connectivity index (χ1n) is 8.25. The number of hydrogen-bond donors (Lipinski definition) is 2. The van der Waals surface area contributed by atoms with Crippen LogP contribution in [0.5, 0.6) is 5.88 Å². The highest BCUT2D eigenvalue weighted by Crippen LogP contribution is 2.35. The molecule has 3 aromatic rings. The van der Waals surface area contributed by atoms with Gasteiger partial charge >= 0.3 is 0 Å². The molecule has 0 spiro atoms. The number of benzene rings is 1. The van der Waals surface area contributed by atoms with E-state index in [4.69, 9.17) is 0 Å². The van der Waals surface area contributed by atoms with E-state index in [0.29, 0.717) is 4.96 Å². The van der Waals surface area contributed by atoms with E-state index >= 15 is 0 Å². The van der Waals surface area contributed by atoms with E-state index in [-0.39, 0.29) is 17.7 Å². The molecule has 0 unspecified atom stereocenters. The summed E-state index contributed by atoms with van der Waals surface area (Å²) < 4.78 is 15.3. The molecule has 1 fully saturated rings. The molecule has 5 nitrogen and oxygen atoms in total. The zero-order chi connectivity index (χ0) is 16.7. The molecule has 1 aliphatic heterocycles. The molecule has 2 aromatic heterocycles. The number of rotatable bonds is 3. The van der Waals surface area contributed by atoms with Gasteiger partial charge in [0.25, 0.3) is 0 Å². The second-order valence-electron chi connectivity index (χ2n) is 6.57. The summed E-state index contributed by atoms with van der Waals surface area (Å²) in [5, 5.41) is 14.7. The maximum atomic E-state index is 13.8. The third-order valence-corrected chi connectivity index (χ3v) is 6.01. The van der Waals surface area contributed by atoms with Crippen molar-refractivity contribution < 1.29 is 14.4 Å². The Morgan fingerprint density at radius 3 is 2.88 bits per heavy atom.